The molecule has 6 nitrogen and oxygen atoms in total. The smallest absolute Gasteiger partial charge is 0.251 e. The fourth-order valence-electron chi connectivity index (χ4n) is 1.96. The number of sulfonamides is 1. The summed E-state index contributed by atoms with van der Waals surface area (Å²) in [5, 5.41) is 16.5. The van der Waals surface area contributed by atoms with Crippen molar-refractivity contribution in [3.63, 3.8) is 0 Å². The summed E-state index contributed by atoms with van der Waals surface area (Å²) in [6.07, 6.45) is 0.562. The molecule has 0 aliphatic heterocycles. The first-order valence-corrected chi connectivity index (χ1v) is 8.35. The topological polar surface area (TPSA) is 113 Å². The zero-order chi connectivity index (χ0) is 16.9. The molecule has 7 heteroatoms. The van der Waals surface area contributed by atoms with Crippen LogP contribution in [0.3, 0.4) is 0 Å². The van der Waals surface area contributed by atoms with Crippen LogP contribution < -0.4 is 10.5 Å². The number of carbonyl (C=O) groups is 1. The summed E-state index contributed by atoms with van der Waals surface area (Å²) >= 11 is 0. The van der Waals surface area contributed by atoms with Gasteiger partial charge in [0, 0.05) is 12.1 Å². The van der Waals surface area contributed by atoms with Crippen molar-refractivity contribution in [2.45, 2.75) is 11.3 Å². The highest BCUT2D eigenvalue weighted by Gasteiger charge is 2.07. The van der Waals surface area contributed by atoms with Crippen molar-refractivity contribution in [1.29, 1.82) is 5.26 Å². The monoisotopic (exact) mass is 329 g/mol. The van der Waals surface area contributed by atoms with E-state index in [4.69, 9.17) is 10.4 Å². The molecule has 0 radical (unpaired) electrons. The van der Waals surface area contributed by atoms with E-state index in [2.05, 4.69) is 5.32 Å². The number of nitrogens with one attached hydrogen (secondary N) is 1. The van der Waals surface area contributed by atoms with E-state index in [1.165, 1.54) is 12.1 Å². The summed E-state index contributed by atoms with van der Waals surface area (Å²) in [6, 6.07) is 14.5. The molecular weight excluding hydrogens is 314 g/mol. The number of benzene rings is 2. The lowest BCUT2D eigenvalue weighted by Crippen LogP contribution is -2.25. The lowest BCUT2D eigenvalue weighted by Gasteiger charge is -2.06. The molecule has 0 unspecified atom stereocenters. The van der Waals surface area contributed by atoms with Crippen LogP contribution in [0.1, 0.15) is 21.5 Å². The maximum Gasteiger partial charge on any atom is 0.251 e. The third-order valence-corrected chi connectivity index (χ3v) is 4.16. The van der Waals surface area contributed by atoms with Gasteiger partial charge in [-0.25, -0.2) is 13.6 Å². The molecule has 0 atom stereocenters. The Hall–Kier alpha value is -2.69. The molecule has 3 N–H and O–H groups in total. The summed E-state index contributed by atoms with van der Waals surface area (Å²) in [5.41, 5.74) is 1.86. The predicted octanol–water partition coefficient (Wildman–Crippen LogP) is 1.18. The van der Waals surface area contributed by atoms with E-state index >= 15 is 0 Å². The molecule has 0 bridgehead atoms. The van der Waals surface area contributed by atoms with Gasteiger partial charge in [-0.2, -0.15) is 5.26 Å². The first kappa shape index (κ1) is 16.7. The number of hydrogen-bond acceptors (Lipinski definition) is 4. The van der Waals surface area contributed by atoms with Gasteiger partial charge in [0.25, 0.3) is 5.91 Å². The normalized spacial score (nSPS) is 10.8. The molecule has 118 valence electrons. The van der Waals surface area contributed by atoms with Crippen molar-refractivity contribution in [1.82, 2.24) is 5.32 Å². The molecule has 23 heavy (non-hydrogen) atoms. The van der Waals surface area contributed by atoms with Gasteiger partial charge in [0.1, 0.15) is 0 Å². The molecule has 0 fully saturated rings. The molecule has 0 saturated carbocycles. The van der Waals surface area contributed by atoms with Crippen molar-refractivity contribution in [2.24, 2.45) is 5.14 Å². The number of nitrogens with zero attached hydrogens (tertiary/aromatic N) is 1. The molecular formula is C16H15N3O3S. The van der Waals surface area contributed by atoms with Crippen molar-refractivity contribution in [2.75, 3.05) is 6.54 Å². The minimum atomic E-state index is -3.69. The van der Waals surface area contributed by atoms with Crippen molar-refractivity contribution in [3.05, 3.63) is 65.2 Å². The van der Waals surface area contributed by atoms with Crippen LogP contribution >= 0.6 is 0 Å². The Balaban J connectivity index is 1.89. The van der Waals surface area contributed by atoms with Crippen molar-refractivity contribution in [3.8, 4) is 6.07 Å². The summed E-state index contributed by atoms with van der Waals surface area (Å²) in [7, 11) is -3.69. The Morgan fingerprint density at radius 1 is 1.09 bits per heavy atom. The van der Waals surface area contributed by atoms with Crippen LogP contribution in [0.5, 0.6) is 0 Å². The molecule has 2 rings (SSSR count). The minimum absolute atomic E-state index is 0.0582. The number of nitrogens with two attached hydrogens (primary N) is 1. The molecule has 0 saturated heterocycles. The lowest BCUT2D eigenvalue weighted by molar-refractivity contribution is 0.0954. The molecule has 0 aliphatic carbocycles. The van der Waals surface area contributed by atoms with E-state index in [1.54, 1.807) is 36.4 Å². The highest BCUT2D eigenvalue weighted by Crippen LogP contribution is 2.09. The molecule has 1 amide bonds. The second-order valence-corrected chi connectivity index (χ2v) is 6.45. The first-order chi connectivity index (χ1) is 10.9. The van der Waals surface area contributed by atoms with Gasteiger partial charge in [0.2, 0.25) is 10.0 Å². The van der Waals surface area contributed by atoms with Crippen LogP contribution in [0, 0.1) is 11.3 Å². The second-order valence-electron chi connectivity index (χ2n) is 4.88. The average molecular weight is 329 g/mol. The third kappa shape index (κ3) is 4.64. The second kappa shape index (κ2) is 7.05. The average Bonchev–Trinajstić information content (AvgIpc) is 2.54. The number of primary sulfonamides is 1. The number of amides is 1. The van der Waals surface area contributed by atoms with Gasteiger partial charge in [-0.05, 0) is 48.4 Å². The molecule has 0 spiro atoms. The Morgan fingerprint density at radius 2 is 1.70 bits per heavy atom. The zero-order valence-electron chi connectivity index (χ0n) is 12.2. The van der Waals surface area contributed by atoms with Gasteiger partial charge in [-0.3, -0.25) is 4.79 Å². The van der Waals surface area contributed by atoms with Crippen molar-refractivity contribution < 1.29 is 13.2 Å². The zero-order valence-corrected chi connectivity index (χ0v) is 13.0. The van der Waals surface area contributed by atoms with E-state index in [9.17, 15) is 13.2 Å². The Kier molecular flexibility index (Phi) is 5.11. The quantitative estimate of drug-likeness (QED) is 0.857. The van der Waals surface area contributed by atoms with Crippen LogP contribution in [0.25, 0.3) is 0 Å². The molecule has 2 aromatic rings. The van der Waals surface area contributed by atoms with Gasteiger partial charge in [0.15, 0.2) is 0 Å². The van der Waals surface area contributed by atoms with Crippen molar-refractivity contribution >= 4 is 15.9 Å². The molecule has 0 aliphatic rings. The number of hydrogen-bond donors (Lipinski definition) is 2. The minimum Gasteiger partial charge on any atom is -0.352 e. The van der Waals surface area contributed by atoms with Gasteiger partial charge in [-0.1, -0.05) is 12.1 Å². The summed E-state index contributed by atoms with van der Waals surface area (Å²) in [6.45, 7) is 0.410. The Morgan fingerprint density at radius 3 is 2.22 bits per heavy atom. The van der Waals surface area contributed by atoms with Gasteiger partial charge in [0.05, 0.1) is 16.5 Å². The van der Waals surface area contributed by atoms with Crippen LogP contribution in [-0.4, -0.2) is 20.9 Å². The predicted molar refractivity (Wildman–Crippen MR) is 85.0 cm³/mol. The summed E-state index contributed by atoms with van der Waals surface area (Å²) < 4.78 is 22.3. The highest BCUT2D eigenvalue weighted by atomic mass is 32.2. The molecule has 0 aromatic heterocycles. The molecule has 2 aromatic carbocycles. The maximum atomic E-state index is 11.9. The molecule has 0 heterocycles. The SMILES string of the molecule is N#Cc1ccc(C(=O)NCCc2ccc(S(N)(=O)=O)cc2)cc1. The largest absolute Gasteiger partial charge is 0.352 e. The number of rotatable bonds is 5. The standard InChI is InChI=1S/C16H15N3O3S/c17-11-13-1-5-14(6-2-13)16(20)19-10-9-12-3-7-15(8-4-12)23(18,21)22/h1-8H,9-10H2,(H,19,20)(H2,18,21,22). The van der Waals surface area contributed by atoms with Gasteiger partial charge < -0.3 is 5.32 Å². The van der Waals surface area contributed by atoms with Crippen LogP contribution in [0.2, 0.25) is 0 Å². The van der Waals surface area contributed by atoms with E-state index < -0.39 is 10.0 Å². The first-order valence-electron chi connectivity index (χ1n) is 6.80. The highest BCUT2D eigenvalue weighted by molar-refractivity contribution is 7.89. The summed E-state index contributed by atoms with van der Waals surface area (Å²) in [4.78, 5) is 12.0. The van der Waals surface area contributed by atoms with Crippen LogP contribution in [-0.2, 0) is 16.4 Å². The number of carbonyl (C=O) groups excluding carboxylic acids is 1. The van der Waals surface area contributed by atoms with Crippen LogP contribution in [0.15, 0.2) is 53.4 Å². The van der Waals surface area contributed by atoms with Gasteiger partial charge >= 0.3 is 0 Å². The Bertz CT molecular complexity index is 836. The van der Waals surface area contributed by atoms with E-state index in [0.29, 0.717) is 24.1 Å². The maximum absolute atomic E-state index is 11.9. The lowest BCUT2D eigenvalue weighted by atomic mass is 10.1. The number of nitriles is 1. The van der Waals surface area contributed by atoms with Crippen LogP contribution in [0.4, 0.5) is 0 Å². The van der Waals surface area contributed by atoms with Gasteiger partial charge in [-0.15, -0.1) is 0 Å². The summed E-state index contributed by atoms with van der Waals surface area (Å²) in [5.74, 6) is -0.226. The fraction of sp³-hybridized carbons (Fsp3) is 0.125. The third-order valence-electron chi connectivity index (χ3n) is 3.23. The fourth-order valence-corrected chi connectivity index (χ4v) is 2.48. The van der Waals surface area contributed by atoms with E-state index in [1.807, 2.05) is 6.07 Å². The Labute approximate surface area is 134 Å². The van der Waals surface area contributed by atoms with E-state index in [0.717, 1.165) is 5.56 Å². The van der Waals surface area contributed by atoms with E-state index in [-0.39, 0.29) is 10.8 Å².